The van der Waals surface area contributed by atoms with E-state index in [1.165, 1.54) is 18.2 Å². The summed E-state index contributed by atoms with van der Waals surface area (Å²) >= 11 is 0. The van der Waals surface area contributed by atoms with Crippen LogP contribution < -0.4 is 0 Å². The number of aliphatic hydroxyl groups excluding tert-OH is 1. The van der Waals surface area contributed by atoms with Crippen LogP contribution in [-0.2, 0) is 10.0 Å². The van der Waals surface area contributed by atoms with Crippen LogP contribution in [0.15, 0.2) is 29.2 Å². The topological polar surface area (TPSA) is 57.6 Å². The molecule has 1 aromatic carbocycles. The van der Waals surface area contributed by atoms with E-state index < -0.39 is 35.3 Å². The van der Waals surface area contributed by atoms with Crippen molar-refractivity contribution in [2.24, 2.45) is 0 Å². The Balaban J connectivity index is 2.97. The lowest BCUT2D eigenvalue weighted by Crippen LogP contribution is -2.30. The highest BCUT2D eigenvalue weighted by Crippen LogP contribution is 2.24. The van der Waals surface area contributed by atoms with Gasteiger partial charge < -0.3 is 5.11 Å². The number of hydrogen-bond donors (Lipinski definition) is 1. The molecule has 0 aliphatic heterocycles. The predicted molar refractivity (Wildman–Crippen MR) is 72.2 cm³/mol. The molecule has 1 atom stereocenters. The first-order valence-corrected chi connectivity index (χ1v) is 7.83. The number of benzene rings is 1. The second kappa shape index (κ2) is 6.76. The summed E-state index contributed by atoms with van der Waals surface area (Å²) < 4.78 is 61.5. The van der Waals surface area contributed by atoms with Gasteiger partial charge in [0.2, 0.25) is 10.0 Å². The van der Waals surface area contributed by atoms with Gasteiger partial charge in [0.15, 0.2) is 0 Å². The Labute approximate surface area is 122 Å². The predicted octanol–water partition coefficient (Wildman–Crippen LogP) is 2.70. The normalized spacial score (nSPS) is 14.4. The summed E-state index contributed by atoms with van der Waals surface area (Å²) in [5.74, 6) is 0. The van der Waals surface area contributed by atoms with Gasteiger partial charge in [-0.25, -0.2) is 12.7 Å². The van der Waals surface area contributed by atoms with Crippen molar-refractivity contribution in [2.75, 3.05) is 13.6 Å². The standard InChI is InChI=1S/C13H18F3NO3S/c1-3-12(18)10-5-4-6-11(9-10)21(19,20)17(2)8-7-13(14,15)16/h4-6,9,12,18H,3,7-8H2,1-2H3. The fraction of sp³-hybridized carbons (Fsp3) is 0.538. The van der Waals surface area contributed by atoms with Crippen molar-refractivity contribution in [1.82, 2.24) is 4.31 Å². The Hall–Kier alpha value is -1.12. The highest BCUT2D eigenvalue weighted by atomic mass is 32.2. The van der Waals surface area contributed by atoms with Crippen molar-refractivity contribution in [3.8, 4) is 0 Å². The van der Waals surface area contributed by atoms with E-state index >= 15 is 0 Å². The maximum Gasteiger partial charge on any atom is 0.390 e. The molecular formula is C13H18F3NO3S. The van der Waals surface area contributed by atoms with Crippen LogP contribution in [0, 0.1) is 0 Å². The first-order valence-electron chi connectivity index (χ1n) is 6.39. The van der Waals surface area contributed by atoms with E-state index in [4.69, 9.17) is 0 Å². The number of halogens is 3. The molecule has 4 nitrogen and oxygen atoms in total. The second-order valence-electron chi connectivity index (χ2n) is 4.69. The van der Waals surface area contributed by atoms with Crippen LogP contribution in [0.4, 0.5) is 13.2 Å². The fourth-order valence-electron chi connectivity index (χ4n) is 1.70. The number of alkyl halides is 3. The monoisotopic (exact) mass is 325 g/mol. The molecule has 8 heteroatoms. The second-order valence-corrected chi connectivity index (χ2v) is 6.73. The minimum absolute atomic E-state index is 0.128. The Morgan fingerprint density at radius 1 is 1.33 bits per heavy atom. The molecule has 0 spiro atoms. The van der Waals surface area contributed by atoms with Crippen LogP contribution in [0.1, 0.15) is 31.4 Å². The molecule has 0 aliphatic carbocycles. The van der Waals surface area contributed by atoms with Gasteiger partial charge >= 0.3 is 6.18 Å². The van der Waals surface area contributed by atoms with Crippen molar-refractivity contribution < 1.29 is 26.7 Å². The minimum Gasteiger partial charge on any atom is -0.388 e. The van der Waals surface area contributed by atoms with Crippen molar-refractivity contribution in [3.05, 3.63) is 29.8 Å². The van der Waals surface area contributed by atoms with Crippen LogP contribution in [0.3, 0.4) is 0 Å². The molecular weight excluding hydrogens is 307 g/mol. The molecule has 0 saturated heterocycles. The molecule has 0 aliphatic rings. The molecule has 120 valence electrons. The molecule has 1 rings (SSSR count). The number of aliphatic hydroxyl groups is 1. The van der Waals surface area contributed by atoms with Crippen LogP contribution in [0.25, 0.3) is 0 Å². The summed E-state index contributed by atoms with van der Waals surface area (Å²) in [6, 6.07) is 5.61. The summed E-state index contributed by atoms with van der Waals surface area (Å²) in [6.45, 7) is 1.09. The third-order valence-corrected chi connectivity index (χ3v) is 4.90. The molecule has 1 unspecified atom stereocenters. The van der Waals surface area contributed by atoms with E-state index in [2.05, 4.69) is 0 Å². The molecule has 1 aromatic rings. The fourth-order valence-corrected chi connectivity index (χ4v) is 2.93. The number of sulfonamides is 1. The number of nitrogens with zero attached hydrogens (tertiary/aromatic N) is 1. The van der Waals surface area contributed by atoms with E-state index in [1.807, 2.05) is 0 Å². The Bertz CT molecular complexity index is 572. The Morgan fingerprint density at radius 3 is 2.48 bits per heavy atom. The lowest BCUT2D eigenvalue weighted by molar-refractivity contribution is -0.135. The van der Waals surface area contributed by atoms with Crippen molar-refractivity contribution in [1.29, 1.82) is 0 Å². The average molecular weight is 325 g/mol. The zero-order chi connectivity index (χ0) is 16.3. The first-order chi connectivity index (χ1) is 9.58. The summed E-state index contributed by atoms with van der Waals surface area (Å²) in [4.78, 5) is -0.128. The minimum atomic E-state index is -4.41. The molecule has 0 aromatic heterocycles. The Morgan fingerprint density at radius 2 is 1.95 bits per heavy atom. The molecule has 21 heavy (non-hydrogen) atoms. The van der Waals surface area contributed by atoms with Gasteiger partial charge in [-0.15, -0.1) is 0 Å². The van der Waals surface area contributed by atoms with Gasteiger partial charge in [0.05, 0.1) is 17.4 Å². The highest BCUT2D eigenvalue weighted by molar-refractivity contribution is 7.89. The quantitative estimate of drug-likeness (QED) is 0.875. The van der Waals surface area contributed by atoms with Crippen molar-refractivity contribution in [3.63, 3.8) is 0 Å². The van der Waals surface area contributed by atoms with E-state index in [0.717, 1.165) is 7.05 Å². The maximum atomic E-state index is 12.2. The lowest BCUT2D eigenvalue weighted by Gasteiger charge is -2.19. The van der Waals surface area contributed by atoms with Gasteiger partial charge in [-0.3, -0.25) is 0 Å². The van der Waals surface area contributed by atoms with E-state index in [0.29, 0.717) is 16.3 Å². The largest absolute Gasteiger partial charge is 0.390 e. The lowest BCUT2D eigenvalue weighted by atomic mass is 10.1. The van der Waals surface area contributed by atoms with E-state index in [1.54, 1.807) is 13.0 Å². The average Bonchev–Trinajstić information content (AvgIpc) is 2.43. The van der Waals surface area contributed by atoms with Crippen LogP contribution in [0.5, 0.6) is 0 Å². The zero-order valence-corrected chi connectivity index (χ0v) is 12.6. The van der Waals surface area contributed by atoms with Gasteiger partial charge in [-0.2, -0.15) is 13.2 Å². The maximum absolute atomic E-state index is 12.2. The van der Waals surface area contributed by atoms with Crippen molar-refractivity contribution in [2.45, 2.75) is 36.9 Å². The van der Waals surface area contributed by atoms with E-state index in [-0.39, 0.29) is 4.90 Å². The van der Waals surface area contributed by atoms with Crippen LogP contribution in [-0.4, -0.2) is 37.6 Å². The third kappa shape index (κ3) is 4.98. The molecule has 0 fully saturated rings. The SMILES string of the molecule is CCC(O)c1cccc(S(=O)(=O)N(C)CCC(F)(F)F)c1. The molecule has 0 bridgehead atoms. The smallest absolute Gasteiger partial charge is 0.388 e. The third-order valence-electron chi connectivity index (χ3n) is 3.05. The van der Waals surface area contributed by atoms with Gasteiger partial charge in [-0.1, -0.05) is 19.1 Å². The van der Waals surface area contributed by atoms with Crippen molar-refractivity contribution >= 4 is 10.0 Å². The van der Waals surface area contributed by atoms with Gasteiger partial charge in [-0.05, 0) is 24.1 Å². The molecule has 0 amide bonds. The number of rotatable bonds is 6. The molecule has 0 heterocycles. The molecule has 0 saturated carbocycles. The summed E-state index contributed by atoms with van der Waals surface area (Å²) in [7, 11) is -2.90. The first kappa shape index (κ1) is 17.9. The van der Waals surface area contributed by atoms with Gasteiger partial charge in [0, 0.05) is 13.6 Å². The molecule has 1 N–H and O–H groups in total. The van der Waals surface area contributed by atoms with Gasteiger partial charge in [0.1, 0.15) is 0 Å². The number of hydrogen-bond acceptors (Lipinski definition) is 3. The molecule has 0 radical (unpaired) electrons. The summed E-state index contributed by atoms with van der Waals surface area (Å²) in [5, 5.41) is 9.71. The van der Waals surface area contributed by atoms with Crippen LogP contribution in [0.2, 0.25) is 0 Å². The highest BCUT2D eigenvalue weighted by Gasteiger charge is 2.30. The van der Waals surface area contributed by atoms with Gasteiger partial charge in [0.25, 0.3) is 0 Å². The zero-order valence-electron chi connectivity index (χ0n) is 11.8. The van der Waals surface area contributed by atoms with E-state index in [9.17, 15) is 26.7 Å². The summed E-state index contributed by atoms with van der Waals surface area (Å²) in [6.07, 6.45) is -6.02. The van der Waals surface area contributed by atoms with Crippen LogP contribution >= 0.6 is 0 Å². The Kier molecular flexibility index (Phi) is 5.77. The summed E-state index contributed by atoms with van der Waals surface area (Å²) in [5.41, 5.74) is 0.419.